The van der Waals surface area contributed by atoms with E-state index >= 15 is 0 Å². The molecule has 1 aromatic rings. The van der Waals surface area contributed by atoms with E-state index in [1.54, 1.807) is 7.11 Å². The molecule has 2 heteroatoms. The second kappa shape index (κ2) is 5.55. The number of ketones is 1. The number of hydrogen-bond acceptors (Lipinski definition) is 2. The molecule has 1 aliphatic rings. The summed E-state index contributed by atoms with van der Waals surface area (Å²) in [6, 6.07) is 7.85. The van der Waals surface area contributed by atoms with Crippen molar-refractivity contribution in [1.29, 1.82) is 0 Å². The highest BCUT2D eigenvalue weighted by atomic mass is 16.5. The molecule has 0 atom stereocenters. The minimum Gasteiger partial charge on any atom is -0.497 e. The molecule has 1 fully saturated rings. The Balaban J connectivity index is 2.10. The third-order valence-corrected chi connectivity index (χ3v) is 4.33. The number of carbonyl (C=O) groups is 1. The summed E-state index contributed by atoms with van der Waals surface area (Å²) in [5, 5.41) is 0. The molecule has 98 valence electrons. The van der Waals surface area contributed by atoms with Gasteiger partial charge in [-0.25, -0.2) is 0 Å². The highest BCUT2D eigenvalue weighted by molar-refractivity contribution is 5.87. The van der Waals surface area contributed by atoms with Gasteiger partial charge in [0.25, 0.3) is 0 Å². The van der Waals surface area contributed by atoms with Gasteiger partial charge in [0.15, 0.2) is 0 Å². The van der Waals surface area contributed by atoms with Gasteiger partial charge in [-0.2, -0.15) is 0 Å². The van der Waals surface area contributed by atoms with Crippen molar-refractivity contribution in [3.63, 3.8) is 0 Å². The summed E-state index contributed by atoms with van der Waals surface area (Å²) in [5.74, 6) is 1.24. The first-order valence-electron chi connectivity index (χ1n) is 6.86. The SMILES string of the molecule is CCC1(C(=O)Cc2cccc(OC)c2)CCCC1. The van der Waals surface area contributed by atoms with Crippen LogP contribution in [0.1, 0.15) is 44.6 Å². The standard InChI is InChI=1S/C16H22O2/c1-3-16(9-4-5-10-16)15(17)12-13-7-6-8-14(11-13)18-2/h6-8,11H,3-5,9-10,12H2,1-2H3. The molecule has 2 nitrogen and oxygen atoms in total. The molecule has 2 rings (SSSR count). The molecule has 18 heavy (non-hydrogen) atoms. The fraction of sp³-hybridized carbons (Fsp3) is 0.562. The van der Waals surface area contributed by atoms with E-state index in [2.05, 4.69) is 6.92 Å². The maximum Gasteiger partial charge on any atom is 0.143 e. The van der Waals surface area contributed by atoms with Gasteiger partial charge in [-0.1, -0.05) is 31.9 Å². The number of ether oxygens (including phenoxy) is 1. The first-order chi connectivity index (χ1) is 8.70. The predicted molar refractivity (Wildman–Crippen MR) is 72.9 cm³/mol. The number of methoxy groups -OCH3 is 1. The van der Waals surface area contributed by atoms with Crippen LogP contribution in [0.5, 0.6) is 5.75 Å². The van der Waals surface area contributed by atoms with Crippen LogP contribution in [0.15, 0.2) is 24.3 Å². The van der Waals surface area contributed by atoms with Crippen molar-refractivity contribution in [2.75, 3.05) is 7.11 Å². The van der Waals surface area contributed by atoms with Crippen LogP contribution in [-0.4, -0.2) is 12.9 Å². The number of rotatable bonds is 5. The second-order valence-electron chi connectivity index (χ2n) is 5.29. The van der Waals surface area contributed by atoms with Gasteiger partial charge < -0.3 is 4.74 Å². The van der Waals surface area contributed by atoms with Crippen LogP contribution >= 0.6 is 0 Å². The third-order valence-electron chi connectivity index (χ3n) is 4.33. The van der Waals surface area contributed by atoms with E-state index in [9.17, 15) is 4.79 Å². The molecule has 0 radical (unpaired) electrons. The Morgan fingerprint density at radius 2 is 2.06 bits per heavy atom. The summed E-state index contributed by atoms with van der Waals surface area (Å²) >= 11 is 0. The molecule has 1 saturated carbocycles. The van der Waals surface area contributed by atoms with Gasteiger partial charge in [-0.15, -0.1) is 0 Å². The first kappa shape index (κ1) is 13.1. The highest BCUT2D eigenvalue weighted by Crippen LogP contribution is 2.42. The van der Waals surface area contributed by atoms with Gasteiger partial charge in [-0.3, -0.25) is 4.79 Å². The highest BCUT2D eigenvalue weighted by Gasteiger charge is 2.38. The van der Waals surface area contributed by atoms with Crippen LogP contribution in [0.2, 0.25) is 0 Å². The average Bonchev–Trinajstić information content (AvgIpc) is 2.89. The van der Waals surface area contributed by atoms with Crippen LogP contribution in [0.25, 0.3) is 0 Å². The molecule has 0 saturated heterocycles. The van der Waals surface area contributed by atoms with Gasteiger partial charge in [0.2, 0.25) is 0 Å². The summed E-state index contributed by atoms with van der Waals surface area (Å²) in [5.41, 5.74) is 1.03. The van der Waals surface area contributed by atoms with Crippen LogP contribution in [-0.2, 0) is 11.2 Å². The van der Waals surface area contributed by atoms with Gasteiger partial charge in [0, 0.05) is 11.8 Å². The van der Waals surface area contributed by atoms with Crippen LogP contribution in [0.3, 0.4) is 0 Å². The van der Waals surface area contributed by atoms with Crippen molar-refractivity contribution < 1.29 is 9.53 Å². The molecular weight excluding hydrogens is 224 g/mol. The Morgan fingerprint density at radius 1 is 1.33 bits per heavy atom. The molecule has 0 spiro atoms. The Kier molecular flexibility index (Phi) is 4.05. The van der Waals surface area contributed by atoms with Crippen molar-refractivity contribution in [3.05, 3.63) is 29.8 Å². The number of benzene rings is 1. The normalized spacial score (nSPS) is 17.7. The van der Waals surface area contributed by atoms with Gasteiger partial charge in [0.05, 0.1) is 7.11 Å². The van der Waals surface area contributed by atoms with Gasteiger partial charge in [0.1, 0.15) is 11.5 Å². The minimum atomic E-state index is -0.0386. The molecule has 0 N–H and O–H groups in total. The second-order valence-corrected chi connectivity index (χ2v) is 5.29. The summed E-state index contributed by atoms with van der Waals surface area (Å²) < 4.78 is 5.20. The van der Waals surface area contributed by atoms with Crippen molar-refractivity contribution in [2.45, 2.75) is 45.4 Å². The third kappa shape index (κ3) is 2.58. The fourth-order valence-electron chi connectivity index (χ4n) is 3.04. The van der Waals surface area contributed by atoms with Gasteiger partial charge in [-0.05, 0) is 37.0 Å². The van der Waals surface area contributed by atoms with E-state index in [0.717, 1.165) is 30.6 Å². The van der Waals surface area contributed by atoms with E-state index in [0.29, 0.717) is 12.2 Å². The molecule has 1 aromatic carbocycles. The van der Waals surface area contributed by atoms with Crippen molar-refractivity contribution >= 4 is 5.78 Å². The molecule has 1 aliphatic carbocycles. The van der Waals surface area contributed by atoms with Crippen LogP contribution < -0.4 is 4.74 Å². The first-order valence-corrected chi connectivity index (χ1v) is 6.86. The molecule has 0 amide bonds. The lowest BCUT2D eigenvalue weighted by molar-refractivity contribution is -0.128. The molecule has 0 unspecified atom stereocenters. The number of carbonyl (C=O) groups excluding carboxylic acids is 1. The number of hydrogen-bond donors (Lipinski definition) is 0. The van der Waals surface area contributed by atoms with E-state index in [-0.39, 0.29) is 5.41 Å². The molecule has 0 aromatic heterocycles. The van der Waals surface area contributed by atoms with Gasteiger partial charge >= 0.3 is 0 Å². The quantitative estimate of drug-likeness (QED) is 0.790. The fourth-order valence-corrected chi connectivity index (χ4v) is 3.04. The smallest absolute Gasteiger partial charge is 0.143 e. The summed E-state index contributed by atoms with van der Waals surface area (Å²) in [7, 11) is 1.66. The van der Waals surface area contributed by atoms with E-state index in [4.69, 9.17) is 4.74 Å². The van der Waals surface area contributed by atoms with E-state index in [1.807, 2.05) is 24.3 Å². The lowest BCUT2D eigenvalue weighted by Crippen LogP contribution is -2.28. The van der Waals surface area contributed by atoms with Crippen molar-refractivity contribution in [2.24, 2.45) is 5.41 Å². The average molecular weight is 246 g/mol. The summed E-state index contributed by atoms with van der Waals surface area (Å²) in [6.45, 7) is 2.15. The zero-order chi connectivity index (χ0) is 13.0. The Morgan fingerprint density at radius 3 is 2.67 bits per heavy atom. The summed E-state index contributed by atoms with van der Waals surface area (Å²) in [4.78, 5) is 12.5. The lowest BCUT2D eigenvalue weighted by atomic mass is 9.77. The molecule has 0 heterocycles. The summed E-state index contributed by atoms with van der Waals surface area (Å²) in [6.07, 6.45) is 6.09. The zero-order valence-corrected chi connectivity index (χ0v) is 11.4. The Labute approximate surface area is 109 Å². The maximum absolute atomic E-state index is 12.5. The zero-order valence-electron chi connectivity index (χ0n) is 11.4. The largest absolute Gasteiger partial charge is 0.497 e. The predicted octanol–water partition coefficient (Wildman–Crippen LogP) is 3.78. The maximum atomic E-state index is 12.5. The van der Waals surface area contributed by atoms with Crippen molar-refractivity contribution in [1.82, 2.24) is 0 Å². The molecule has 0 bridgehead atoms. The van der Waals surface area contributed by atoms with Crippen molar-refractivity contribution in [3.8, 4) is 5.75 Å². The topological polar surface area (TPSA) is 26.3 Å². The lowest BCUT2D eigenvalue weighted by Gasteiger charge is -2.25. The minimum absolute atomic E-state index is 0.0386. The Hall–Kier alpha value is -1.31. The molecular formula is C16H22O2. The van der Waals surface area contributed by atoms with Crippen LogP contribution in [0.4, 0.5) is 0 Å². The molecule has 0 aliphatic heterocycles. The number of Topliss-reactive ketones (excluding diaryl/α,β-unsaturated/α-hetero) is 1. The van der Waals surface area contributed by atoms with E-state index < -0.39 is 0 Å². The van der Waals surface area contributed by atoms with Crippen LogP contribution in [0, 0.1) is 5.41 Å². The Bertz CT molecular complexity index is 417. The van der Waals surface area contributed by atoms with E-state index in [1.165, 1.54) is 12.8 Å². The monoisotopic (exact) mass is 246 g/mol.